The van der Waals surface area contributed by atoms with Crippen LogP contribution in [0.1, 0.15) is 12.0 Å². The first-order chi connectivity index (χ1) is 8.79. The molecule has 0 aliphatic carbocycles. The van der Waals surface area contributed by atoms with E-state index in [9.17, 15) is 5.11 Å². The van der Waals surface area contributed by atoms with Gasteiger partial charge in [-0.2, -0.15) is 11.8 Å². The lowest BCUT2D eigenvalue weighted by Gasteiger charge is -2.36. The van der Waals surface area contributed by atoms with Crippen LogP contribution >= 0.6 is 11.8 Å². The molecule has 1 aromatic carbocycles. The molecule has 0 radical (unpaired) electrons. The molecular weight excluding hydrogens is 244 g/mol. The summed E-state index contributed by atoms with van der Waals surface area (Å²) in [4.78, 5) is 2.48. The van der Waals surface area contributed by atoms with Crippen LogP contribution in [0.15, 0.2) is 30.3 Å². The second-order valence-electron chi connectivity index (χ2n) is 4.81. The highest BCUT2D eigenvalue weighted by Crippen LogP contribution is 2.22. The zero-order valence-corrected chi connectivity index (χ0v) is 11.5. The van der Waals surface area contributed by atoms with Crippen LogP contribution in [0.5, 0.6) is 0 Å². The lowest BCUT2D eigenvalue weighted by Crippen LogP contribution is -2.44. The van der Waals surface area contributed by atoms with Gasteiger partial charge in [-0.15, -0.1) is 0 Å². The molecule has 0 amide bonds. The first kappa shape index (κ1) is 13.9. The third-order valence-electron chi connectivity index (χ3n) is 3.39. The molecule has 0 saturated carbocycles. The van der Waals surface area contributed by atoms with Gasteiger partial charge in [0.25, 0.3) is 0 Å². The van der Waals surface area contributed by atoms with Gasteiger partial charge in [0.05, 0.1) is 6.10 Å². The molecule has 1 saturated heterocycles. The van der Waals surface area contributed by atoms with Gasteiger partial charge >= 0.3 is 0 Å². The maximum absolute atomic E-state index is 9.73. The van der Waals surface area contributed by atoms with Gasteiger partial charge in [0.2, 0.25) is 0 Å². The minimum Gasteiger partial charge on any atom is -0.392 e. The molecule has 3 N–H and O–H groups in total. The van der Waals surface area contributed by atoms with E-state index in [-0.39, 0.29) is 6.10 Å². The summed E-state index contributed by atoms with van der Waals surface area (Å²) >= 11 is 1.98. The largest absolute Gasteiger partial charge is 0.392 e. The van der Waals surface area contributed by atoms with E-state index < -0.39 is 0 Å². The molecule has 2 rings (SSSR count). The van der Waals surface area contributed by atoms with Crippen LogP contribution in [0.2, 0.25) is 0 Å². The van der Waals surface area contributed by atoms with Crippen LogP contribution in [0.25, 0.3) is 0 Å². The highest BCUT2D eigenvalue weighted by atomic mass is 32.2. The molecule has 1 heterocycles. The molecule has 18 heavy (non-hydrogen) atoms. The molecule has 1 fully saturated rings. The Hall–Kier alpha value is -0.550. The zero-order valence-electron chi connectivity index (χ0n) is 10.7. The number of aliphatic hydroxyl groups is 1. The van der Waals surface area contributed by atoms with Crippen molar-refractivity contribution in [3.63, 3.8) is 0 Å². The molecule has 1 aliphatic heterocycles. The van der Waals surface area contributed by atoms with Crippen molar-refractivity contribution in [2.24, 2.45) is 5.73 Å². The average Bonchev–Trinajstić information content (AvgIpc) is 2.42. The van der Waals surface area contributed by atoms with Crippen molar-refractivity contribution < 1.29 is 5.11 Å². The van der Waals surface area contributed by atoms with Crippen molar-refractivity contribution in [3.8, 4) is 0 Å². The van der Waals surface area contributed by atoms with Gasteiger partial charge in [-0.3, -0.25) is 4.90 Å². The number of aliphatic hydroxyl groups excluding tert-OH is 1. The van der Waals surface area contributed by atoms with Crippen molar-refractivity contribution >= 4 is 11.8 Å². The van der Waals surface area contributed by atoms with Crippen molar-refractivity contribution in [2.45, 2.75) is 25.1 Å². The highest BCUT2D eigenvalue weighted by molar-refractivity contribution is 7.99. The van der Waals surface area contributed by atoms with Crippen LogP contribution in [-0.2, 0) is 6.54 Å². The van der Waals surface area contributed by atoms with E-state index in [0.29, 0.717) is 12.6 Å². The second kappa shape index (κ2) is 7.14. The number of hydrogen-bond acceptors (Lipinski definition) is 4. The minimum absolute atomic E-state index is 0.361. The third kappa shape index (κ3) is 3.99. The van der Waals surface area contributed by atoms with E-state index in [1.165, 1.54) is 11.3 Å². The SMILES string of the molecule is NCC(O)CC1CSCCN1Cc1ccccc1. The maximum atomic E-state index is 9.73. The monoisotopic (exact) mass is 266 g/mol. The van der Waals surface area contributed by atoms with Gasteiger partial charge in [0.1, 0.15) is 0 Å². The Morgan fingerprint density at radius 2 is 2.17 bits per heavy atom. The van der Waals surface area contributed by atoms with Gasteiger partial charge in [-0.1, -0.05) is 30.3 Å². The van der Waals surface area contributed by atoms with Gasteiger partial charge in [-0.05, 0) is 12.0 Å². The Morgan fingerprint density at radius 1 is 1.39 bits per heavy atom. The molecule has 0 spiro atoms. The topological polar surface area (TPSA) is 49.5 Å². The minimum atomic E-state index is -0.369. The van der Waals surface area contributed by atoms with E-state index in [1.54, 1.807) is 0 Å². The molecule has 100 valence electrons. The Labute approximate surface area is 113 Å². The van der Waals surface area contributed by atoms with Crippen LogP contribution in [0.4, 0.5) is 0 Å². The number of benzene rings is 1. The predicted molar refractivity (Wildman–Crippen MR) is 77.6 cm³/mol. The number of rotatable bonds is 5. The molecule has 3 nitrogen and oxygen atoms in total. The van der Waals surface area contributed by atoms with Crippen LogP contribution in [0.3, 0.4) is 0 Å². The van der Waals surface area contributed by atoms with Crippen LogP contribution in [0, 0.1) is 0 Å². The summed E-state index contributed by atoms with van der Waals surface area (Å²) in [6, 6.07) is 11.0. The molecule has 1 aromatic rings. The summed E-state index contributed by atoms with van der Waals surface area (Å²) in [5, 5.41) is 9.73. The molecule has 0 aromatic heterocycles. The normalized spacial score (nSPS) is 22.9. The predicted octanol–water partition coefficient (Wildman–Crippen LogP) is 1.31. The number of nitrogens with two attached hydrogens (primary N) is 1. The quantitative estimate of drug-likeness (QED) is 0.844. The van der Waals surface area contributed by atoms with Crippen LogP contribution < -0.4 is 5.73 Å². The fraction of sp³-hybridized carbons (Fsp3) is 0.571. The standard InChI is InChI=1S/C14H22N2OS/c15-9-14(17)8-13-11-18-7-6-16(13)10-12-4-2-1-3-5-12/h1-5,13-14,17H,6-11,15H2. The molecule has 4 heteroatoms. The van der Waals surface area contributed by atoms with E-state index >= 15 is 0 Å². The lowest BCUT2D eigenvalue weighted by molar-refractivity contribution is 0.112. The smallest absolute Gasteiger partial charge is 0.0677 e. The number of hydrogen-bond donors (Lipinski definition) is 2. The number of nitrogens with zero attached hydrogens (tertiary/aromatic N) is 1. The van der Waals surface area contributed by atoms with Gasteiger partial charge in [-0.25, -0.2) is 0 Å². The fourth-order valence-electron chi connectivity index (χ4n) is 2.34. The summed E-state index contributed by atoms with van der Waals surface area (Å²) in [6.45, 7) is 2.44. The van der Waals surface area contributed by atoms with Gasteiger partial charge in [0.15, 0.2) is 0 Å². The molecular formula is C14H22N2OS. The van der Waals surface area contributed by atoms with Crippen molar-refractivity contribution in [3.05, 3.63) is 35.9 Å². The van der Waals surface area contributed by atoms with Gasteiger partial charge < -0.3 is 10.8 Å². The third-order valence-corrected chi connectivity index (χ3v) is 4.49. The van der Waals surface area contributed by atoms with Crippen LogP contribution in [-0.4, -0.2) is 46.7 Å². The molecule has 2 atom stereocenters. The first-order valence-electron chi connectivity index (χ1n) is 6.53. The lowest BCUT2D eigenvalue weighted by atomic mass is 10.1. The maximum Gasteiger partial charge on any atom is 0.0677 e. The molecule has 2 unspecified atom stereocenters. The fourth-order valence-corrected chi connectivity index (χ4v) is 3.49. The first-order valence-corrected chi connectivity index (χ1v) is 7.69. The van der Waals surface area contributed by atoms with Crippen molar-refractivity contribution in [2.75, 3.05) is 24.6 Å². The summed E-state index contributed by atoms with van der Waals surface area (Å²) in [5.41, 5.74) is 6.86. The van der Waals surface area contributed by atoms with Crippen molar-refractivity contribution in [1.82, 2.24) is 4.90 Å². The zero-order chi connectivity index (χ0) is 12.8. The van der Waals surface area contributed by atoms with Crippen molar-refractivity contribution in [1.29, 1.82) is 0 Å². The second-order valence-corrected chi connectivity index (χ2v) is 5.96. The summed E-state index contributed by atoms with van der Waals surface area (Å²) in [7, 11) is 0. The summed E-state index contributed by atoms with van der Waals surface area (Å²) < 4.78 is 0. The summed E-state index contributed by atoms with van der Waals surface area (Å²) in [5.74, 6) is 2.28. The van der Waals surface area contributed by atoms with E-state index in [4.69, 9.17) is 5.73 Å². The Kier molecular flexibility index (Phi) is 5.50. The van der Waals surface area contributed by atoms with E-state index in [0.717, 1.165) is 25.3 Å². The highest BCUT2D eigenvalue weighted by Gasteiger charge is 2.24. The molecule has 0 bridgehead atoms. The molecule has 1 aliphatic rings. The Bertz CT molecular complexity index is 347. The Balaban J connectivity index is 1.95. The number of thioether (sulfide) groups is 1. The Morgan fingerprint density at radius 3 is 2.89 bits per heavy atom. The van der Waals surface area contributed by atoms with Gasteiger partial charge in [0, 0.05) is 37.2 Å². The average molecular weight is 266 g/mol. The summed E-state index contributed by atoms with van der Waals surface area (Å²) in [6.07, 6.45) is 0.419. The van der Waals surface area contributed by atoms with E-state index in [2.05, 4.69) is 29.2 Å². The van der Waals surface area contributed by atoms with E-state index in [1.807, 2.05) is 17.8 Å².